The van der Waals surface area contributed by atoms with Crippen LogP contribution in [-0.2, 0) is 6.54 Å². The van der Waals surface area contributed by atoms with Crippen molar-refractivity contribution >= 4 is 5.96 Å². The Morgan fingerprint density at radius 1 is 1.26 bits per heavy atom. The van der Waals surface area contributed by atoms with Gasteiger partial charge in [0.2, 0.25) is 0 Å². The van der Waals surface area contributed by atoms with Gasteiger partial charge >= 0.3 is 0 Å². The van der Waals surface area contributed by atoms with Gasteiger partial charge in [-0.1, -0.05) is 23.8 Å². The second-order valence-electron chi connectivity index (χ2n) is 5.45. The molecule has 0 heterocycles. The van der Waals surface area contributed by atoms with E-state index in [1.807, 2.05) is 0 Å². The molecule has 2 N–H and O–H groups in total. The molecular weight excluding hydrogens is 234 g/mol. The summed E-state index contributed by atoms with van der Waals surface area (Å²) < 4.78 is 0. The number of nitrogens with zero attached hydrogens (tertiary/aromatic N) is 1. The van der Waals surface area contributed by atoms with E-state index < -0.39 is 0 Å². The van der Waals surface area contributed by atoms with Crippen LogP contribution in [0.3, 0.4) is 0 Å². The van der Waals surface area contributed by atoms with E-state index in [0.717, 1.165) is 31.5 Å². The van der Waals surface area contributed by atoms with E-state index in [0.29, 0.717) is 0 Å². The predicted molar refractivity (Wildman–Crippen MR) is 81.5 cm³/mol. The number of nitrogens with one attached hydrogen (secondary N) is 2. The van der Waals surface area contributed by atoms with Crippen molar-refractivity contribution in [2.24, 2.45) is 10.9 Å². The Morgan fingerprint density at radius 3 is 2.68 bits per heavy atom. The van der Waals surface area contributed by atoms with Gasteiger partial charge in [-0.25, -0.2) is 4.99 Å². The lowest BCUT2D eigenvalue weighted by Crippen LogP contribution is -2.38. The van der Waals surface area contributed by atoms with E-state index >= 15 is 0 Å². The third-order valence-corrected chi connectivity index (χ3v) is 3.50. The molecule has 0 aromatic heterocycles. The summed E-state index contributed by atoms with van der Waals surface area (Å²) in [5.74, 6) is 1.80. The van der Waals surface area contributed by atoms with Crippen molar-refractivity contribution in [1.82, 2.24) is 10.6 Å². The van der Waals surface area contributed by atoms with Crippen molar-refractivity contribution in [3.05, 3.63) is 34.9 Å². The van der Waals surface area contributed by atoms with Gasteiger partial charge in [0.1, 0.15) is 0 Å². The predicted octanol–water partition coefficient (Wildman–Crippen LogP) is 2.77. The molecule has 0 radical (unpaired) electrons. The van der Waals surface area contributed by atoms with Crippen LogP contribution in [0.1, 0.15) is 36.5 Å². The first-order valence-corrected chi connectivity index (χ1v) is 7.27. The summed E-state index contributed by atoms with van der Waals surface area (Å²) in [7, 11) is 0. The minimum Gasteiger partial charge on any atom is -0.357 e. The molecule has 1 aliphatic carbocycles. The van der Waals surface area contributed by atoms with Crippen molar-refractivity contribution in [3.8, 4) is 0 Å². The fraction of sp³-hybridized carbons (Fsp3) is 0.562. The van der Waals surface area contributed by atoms with Gasteiger partial charge in [0, 0.05) is 13.1 Å². The van der Waals surface area contributed by atoms with Crippen LogP contribution in [-0.4, -0.2) is 19.0 Å². The molecule has 104 valence electrons. The van der Waals surface area contributed by atoms with Gasteiger partial charge in [-0.05, 0) is 50.7 Å². The van der Waals surface area contributed by atoms with Gasteiger partial charge in [-0.3, -0.25) is 0 Å². The van der Waals surface area contributed by atoms with Crippen LogP contribution in [0.15, 0.2) is 23.2 Å². The molecule has 0 unspecified atom stereocenters. The third-order valence-electron chi connectivity index (χ3n) is 3.50. The average molecular weight is 259 g/mol. The molecule has 2 rings (SSSR count). The van der Waals surface area contributed by atoms with E-state index in [9.17, 15) is 0 Å². The second kappa shape index (κ2) is 6.60. The first-order valence-electron chi connectivity index (χ1n) is 7.27. The molecule has 1 aromatic carbocycles. The zero-order chi connectivity index (χ0) is 13.7. The summed E-state index contributed by atoms with van der Waals surface area (Å²) in [4.78, 5) is 4.67. The Labute approximate surface area is 116 Å². The van der Waals surface area contributed by atoms with Crippen molar-refractivity contribution in [1.29, 1.82) is 0 Å². The zero-order valence-electron chi connectivity index (χ0n) is 12.3. The lowest BCUT2D eigenvalue weighted by atomic mass is 10.1. The molecule has 0 saturated heterocycles. The van der Waals surface area contributed by atoms with Gasteiger partial charge in [-0.2, -0.15) is 0 Å². The lowest BCUT2D eigenvalue weighted by molar-refractivity contribution is 0.739. The Kier molecular flexibility index (Phi) is 4.83. The van der Waals surface area contributed by atoms with Crippen LogP contribution >= 0.6 is 0 Å². The van der Waals surface area contributed by atoms with E-state index in [4.69, 9.17) is 0 Å². The maximum atomic E-state index is 4.67. The van der Waals surface area contributed by atoms with Crippen molar-refractivity contribution in [2.45, 2.75) is 40.2 Å². The van der Waals surface area contributed by atoms with Crippen LogP contribution in [0.25, 0.3) is 0 Å². The minimum atomic E-state index is 0.742. The summed E-state index contributed by atoms with van der Waals surface area (Å²) in [6.07, 6.45) is 2.73. The highest BCUT2D eigenvalue weighted by atomic mass is 15.2. The van der Waals surface area contributed by atoms with Crippen LogP contribution in [0, 0.1) is 19.8 Å². The first-order chi connectivity index (χ1) is 9.19. The van der Waals surface area contributed by atoms with Gasteiger partial charge in [0.25, 0.3) is 0 Å². The van der Waals surface area contributed by atoms with Crippen LogP contribution in [0.2, 0.25) is 0 Å². The molecule has 0 amide bonds. The summed E-state index contributed by atoms with van der Waals surface area (Å²) in [6, 6.07) is 6.55. The van der Waals surface area contributed by atoms with Crippen molar-refractivity contribution in [3.63, 3.8) is 0 Å². The smallest absolute Gasteiger partial charge is 0.191 e. The molecule has 19 heavy (non-hydrogen) atoms. The van der Waals surface area contributed by atoms with Gasteiger partial charge < -0.3 is 10.6 Å². The number of rotatable bonds is 5. The third kappa shape index (κ3) is 4.58. The Balaban J connectivity index is 1.95. The average Bonchev–Trinajstić information content (AvgIpc) is 3.18. The van der Waals surface area contributed by atoms with Gasteiger partial charge in [-0.15, -0.1) is 0 Å². The number of hydrogen-bond donors (Lipinski definition) is 2. The van der Waals surface area contributed by atoms with E-state index in [1.54, 1.807) is 0 Å². The first kappa shape index (κ1) is 13.9. The number of aryl methyl sites for hydroxylation is 2. The molecule has 0 aliphatic heterocycles. The standard InChI is InChI=1S/C16H25N3/c1-4-17-16(18-10-14-6-7-14)19-11-15-8-5-12(2)9-13(15)3/h5,8-9,14H,4,6-7,10-11H2,1-3H3,(H2,17,18,19). The van der Waals surface area contributed by atoms with Crippen LogP contribution in [0.4, 0.5) is 0 Å². The van der Waals surface area contributed by atoms with Crippen molar-refractivity contribution in [2.75, 3.05) is 13.1 Å². The molecule has 0 bridgehead atoms. The Hall–Kier alpha value is -1.51. The Bertz CT molecular complexity index is 447. The topological polar surface area (TPSA) is 36.4 Å². The molecule has 3 heteroatoms. The highest BCUT2D eigenvalue weighted by Gasteiger charge is 2.20. The molecule has 0 atom stereocenters. The Morgan fingerprint density at radius 2 is 2.05 bits per heavy atom. The second-order valence-corrected chi connectivity index (χ2v) is 5.45. The van der Waals surface area contributed by atoms with E-state index in [2.05, 4.69) is 54.6 Å². The largest absolute Gasteiger partial charge is 0.357 e. The van der Waals surface area contributed by atoms with Crippen LogP contribution in [0.5, 0.6) is 0 Å². The molecule has 1 aromatic rings. The fourth-order valence-corrected chi connectivity index (χ4v) is 2.09. The molecule has 1 aliphatic rings. The summed E-state index contributed by atoms with van der Waals surface area (Å²) in [6.45, 7) is 9.09. The highest BCUT2D eigenvalue weighted by molar-refractivity contribution is 5.79. The van der Waals surface area contributed by atoms with E-state index in [-0.39, 0.29) is 0 Å². The number of hydrogen-bond acceptors (Lipinski definition) is 1. The molecular formula is C16H25N3. The maximum absolute atomic E-state index is 4.67. The van der Waals surface area contributed by atoms with Gasteiger partial charge in [0.15, 0.2) is 5.96 Å². The highest BCUT2D eigenvalue weighted by Crippen LogP contribution is 2.27. The minimum absolute atomic E-state index is 0.742. The quantitative estimate of drug-likeness (QED) is 0.630. The van der Waals surface area contributed by atoms with Crippen LogP contribution < -0.4 is 10.6 Å². The monoisotopic (exact) mass is 259 g/mol. The number of guanidine groups is 1. The SMILES string of the molecule is CCNC(=NCc1ccc(C)cc1C)NCC1CC1. The normalized spacial score (nSPS) is 15.4. The lowest BCUT2D eigenvalue weighted by Gasteiger charge is -2.11. The zero-order valence-corrected chi connectivity index (χ0v) is 12.3. The number of benzene rings is 1. The summed E-state index contributed by atoms with van der Waals surface area (Å²) in [5, 5.41) is 6.73. The van der Waals surface area contributed by atoms with Gasteiger partial charge in [0.05, 0.1) is 6.54 Å². The summed E-state index contributed by atoms with van der Waals surface area (Å²) in [5.41, 5.74) is 3.93. The molecule has 1 fully saturated rings. The summed E-state index contributed by atoms with van der Waals surface area (Å²) >= 11 is 0. The maximum Gasteiger partial charge on any atom is 0.191 e. The fourth-order valence-electron chi connectivity index (χ4n) is 2.09. The molecule has 3 nitrogen and oxygen atoms in total. The molecule has 0 spiro atoms. The van der Waals surface area contributed by atoms with Crippen molar-refractivity contribution < 1.29 is 0 Å². The molecule has 1 saturated carbocycles. The van der Waals surface area contributed by atoms with E-state index in [1.165, 1.54) is 29.5 Å². The number of aliphatic imine (C=N–C) groups is 1.